The van der Waals surface area contributed by atoms with Gasteiger partial charge in [0.1, 0.15) is 5.82 Å². The van der Waals surface area contributed by atoms with Gasteiger partial charge in [-0.15, -0.1) is 5.10 Å². The van der Waals surface area contributed by atoms with E-state index in [2.05, 4.69) is 15.3 Å². The van der Waals surface area contributed by atoms with E-state index in [9.17, 15) is 9.18 Å². The minimum Gasteiger partial charge on any atom is -0.337 e. The average molecular weight is 429 g/mol. The van der Waals surface area contributed by atoms with Crippen molar-refractivity contribution in [2.24, 2.45) is 5.92 Å². The van der Waals surface area contributed by atoms with Crippen molar-refractivity contribution in [3.05, 3.63) is 83.6 Å². The normalized spacial score (nSPS) is 14.8. The van der Waals surface area contributed by atoms with Crippen molar-refractivity contribution < 1.29 is 9.18 Å². The molecule has 1 amide bonds. The lowest BCUT2D eigenvalue weighted by molar-refractivity contribution is 0.0683. The van der Waals surface area contributed by atoms with Crippen molar-refractivity contribution >= 4 is 16.8 Å². The number of carbonyl (C=O) groups excluding carboxylic acids is 1. The van der Waals surface area contributed by atoms with E-state index in [1.165, 1.54) is 6.07 Å². The molecule has 1 saturated heterocycles. The van der Waals surface area contributed by atoms with E-state index in [0.29, 0.717) is 36.8 Å². The van der Waals surface area contributed by atoms with Gasteiger partial charge in [-0.25, -0.2) is 9.07 Å². The summed E-state index contributed by atoms with van der Waals surface area (Å²) < 4.78 is 15.7. The van der Waals surface area contributed by atoms with Crippen molar-refractivity contribution in [1.29, 1.82) is 0 Å². The number of piperidine rings is 1. The minimum absolute atomic E-state index is 0.105. The first-order valence-electron chi connectivity index (χ1n) is 10.9. The van der Waals surface area contributed by atoms with Gasteiger partial charge in [0.25, 0.3) is 5.91 Å². The number of hydrogen-bond acceptors (Lipinski definition) is 4. The summed E-state index contributed by atoms with van der Waals surface area (Å²) in [6, 6.07) is 16.7. The zero-order valence-electron chi connectivity index (χ0n) is 17.9. The van der Waals surface area contributed by atoms with Gasteiger partial charge in [0.2, 0.25) is 0 Å². The number of hydrogen-bond donors (Lipinski definition) is 0. The van der Waals surface area contributed by atoms with Crippen LogP contribution in [0.3, 0.4) is 0 Å². The third-order valence-electron chi connectivity index (χ3n) is 6.30. The van der Waals surface area contributed by atoms with Gasteiger partial charge >= 0.3 is 0 Å². The van der Waals surface area contributed by atoms with Crippen LogP contribution in [0.15, 0.2) is 60.8 Å². The molecule has 2 aromatic heterocycles. The monoisotopic (exact) mass is 429 g/mol. The summed E-state index contributed by atoms with van der Waals surface area (Å²) in [5.74, 6) is 0.113. The molecule has 0 N–H and O–H groups in total. The van der Waals surface area contributed by atoms with E-state index in [4.69, 9.17) is 0 Å². The van der Waals surface area contributed by atoms with Crippen LogP contribution < -0.4 is 0 Å². The van der Waals surface area contributed by atoms with Gasteiger partial charge in [0, 0.05) is 24.7 Å². The van der Waals surface area contributed by atoms with E-state index in [0.717, 1.165) is 35.0 Å². The molecule has 162 valence electrons. The Labute approximate surface area is 185 Å². The van der Waals surface area contributed by atoms with E-state index < -0.39 is 0 Å². The molecule has 32 heavy (non-hydrogen) atoms. The molecule has 0 saturated carbocycles. The highest BCUT2D eigenvalue weighted by molar-refractivity contribution is 5.94. The lowest BCUT2D eigenvalue weighted by atomic mass is 9.90. The Morgan fingerprint density at radius 1 is 1.06 bits per heavy atom. The Balaban J connectivity index is 1.31. The fourth-order valence-electron chi connectivity index (χ4n) is 4.48. The Hall–Kier alpha value is -3.61. The van der Waals surface area contributed by atoms with Crippen LogP contribution in [0.25, 0.3) is 16.6 Å². The Bertz CT molecular complexity index is 1270. The molecule has 0 spiro atoms. The molecular weight excluding hydrogens is 405 g/mol. The average Bonchev–Trinajstić information content (AvgIpc) is 3.21. The Kier molecular flexibility index (Phi) is 5.39. The lowest BCUT2D eigenvalue weighted by Gasteiger charge is -2.31. The highest BCUT2D eigenvalue weighted by Gasteiger charge is 2.28. The Morgan fingerprint density at radius 3 is 2.66 bits per heavy atom. The molecule has 2 aromatic carbocycles. The molecule has 0 radical (unpaired) electrons. The van der Waals surface area contributed by atoms with Gasteiger partial charge in [-0.05, 0) is 55.9 Å². The molecule has 0 unspecified atom stereocenters. The summed E-state index contributed by atoms with van der Waals surface area (Å²) in [5.41, 5.74) is 3.43. The zero-order valence-corrected chi connectivity index (χ0v) is 17.9. The van der Waals surface area contributed by atoms with Crippen LogP contribution in [0.1, 0.15) is 34.6 Å². The van der Waals surface area contributed by atoms with Crippen molar-refractivity contribution in [2.75, 3.05) is 13.1 Å². The third-order valence-corrected chi connectivity index (χ3v) is 6.30. The second kappa shape index (κ2) is 8.49. The van der Waals surface area contributed by atoms with E-state index in [1.807, 2.05) is 54.3 Å². The molecule has 7 heteroatoms. The summed E-state index contributed by atoms with van der Waals surface area (Å²) >= 11 is 0. The maximum absolute atomic E-state index is 14.0. The summed E-state index contributed by atoms with van der Waals surface area (Å²) in [5, 5.41) is 9.49. The number of para-hydroxylation sites is 1. The number of rotatable bonds is 4. The fourth-order valence-corrected chi connectivity index (χ4v) is 4.48. The second-order valence-electron chi connectivity index (χ2n) is 8.32. The SMILES string of the molecule is Cc1c(C(=O)N2CCC(Cc3ccccc3F)CC2)nnn1-c1cccc2cccnc12. The molecule has 0 bridgehead atoms. The molecule has 6 nitrogen and oxygen atoms in total. The molecular formula is C25H24FN5O. The largest absolute Gasteiger partial charge is 0.337 e. The van der Waals surface area contributed by atoms with Crippen LogP contribution in [0, 0.1) is 18.7 Å². The minimum atomic E-state index is -0.152. The highest BCUT2D eigenvalue weighted by atomic mass is 19.1. The first kappa shape index (κ1) is 20.3. The van der Waals surface area contributed by atoms with Crippen LogP contribution in [0.2, 0.25) is 0 Å². The smallest absolute Gasteiger partial charge is 0.276 e. The number of fused-ring (bicyclic) bond motifs is 1. The van der Waals surface area contributed by atoms with Crippen LogP contribution in [-0.4, -0.2) is 43.9 Å². The van der Waals surface area contributed by atoms with E-state index >= 15 is 0 Å². The third kappa shape index (κ3) is 3.75. The molecule has 1 fully saturated rings. The number of halogens is 1. The number of nitrogens with zero attached hydrogens (tertiary/aromatic N) is 5. The van der Waals surface area contributed by atoms with Crippen molar-refractivity contribution in [2.45, 2.75) is 26.2 Å². The first-order valence-corrected chi connectivity index (χ1v) is 10.9. The van der Waals surface area contributed by atoms with Gasteiger partial charge < -0.3 is 4.90 Å². The van der Waals surface area contributed by atoms with Crippen LogP contribution >= 0.6 is 0 Å². The van der Waals surface area contributed by atoms with Crippen molar-refractivity contribution in [3.8, 4) is 5.69 Å². The van der Waals surface area contributed by atoms with Crippen molar-refractivity contribution in [3.63, 3.8) is 0 Å². The van der Waals surface area contributed by atoms with Gasteiger partial charge in [0.05, 0.1) is 16.9 Å². The quantitative estimate of drug-likeness (QED) is 0.484. The fraction of sp³-hybridized carbons (Fsp3) is 0.280. The zero-order chi connectivity index (χ0) is 22.1. The summed E-state index contributed by atoms with van der Waals surface area (Å²) in [6.07, 6.45) is 4.15. The molecule has 0 aliphatic carbocycles. The topological polar surface area (TPSA) is 63.9 Å². The predicted molar refractivity (Wildman–Crippen MR) is 120 cm³/mol. The van der Waals surface area contributed by atoms with Gasteiger partial charge in [-0.3, -0.25) is 9.78 Å². The number of carbonyl (C=O) groups is 1. The van der Waals surface area contributed by atoms with Gasteiger partial charge in [-0.1, -0.05) is 41.6 Å². The number of pyridine rings is 1. The van der Waals surface area contributed by atoms with E-state index in [-0.39, 0.29) is 11.7 Å². The molecule has 0 atom stereocenters. The lowest BCUT2D eigenvalue weighted by Crippen LogP contribution is -2.39. The number of benzene rings is 2. The number of amides is 1. The highest BCUT2D eigenvalue weighted by Crippen LogP contribution is 2.25. The standard InChI is InChI=1S/C25H24FN5O/c1-17-23(28-29-31(17)22-10-4-7-19-8-5-13-27-24(19)22)25(32)30-14-11-18(12-15-30)16-20-6-2-3-9-21(20)26/h2-10,13,18H,11-12,14-16H2,1H3. The van der Waals surface area contributed by atoms with Gasteiger partial charge in [0.15, 0.2) is 5.69 Å². The molecule has 1 aliphatic rings. The second-order valence-corrected chi connectivity index (χ2v) is 8.32. The van der Waals surface area contributed by atoms with Crippen molar-refractivity contribution in [1.82, 2.24) is 24.9 Å². The molecule has 4 aromatic rings. The molecule has 1 aliphatic heterocycles. The van der Waals surface area contributed by atoms with E-state index in [1.54, 1.807) is 16.9 Å². The maximum Gasteiger partial charge on any atom is 0.276 e. The number of aromatic nitrogens is 4. The molecule has 3 heterocycles. The van der Waals surface area contributed by atoms with Crippen LogP contribution in [-0.2, 0) is 6.42 Å². The first-order chi connectivity index (χ1) is 15.6. The Morgan fingerprint density at radius 2 is 1.84 bits per heavy atom. The van der Waals surface area contributed by atoms with Crippen LogP contribution in [0.4, 0.5) is 4.39 Å². The number of likely N-dealkylation sites (tertiary alicyclic amines) is 1. The molecule has 5 rings (SSSR count). The summed E-state index contributed by atoms with van der Waals surface area (Å²) in [7, 11) is 0. The summed E-state index contributed by atoms with van der Waals surface area (Å²) in [4.78, 5) is 19.5. The summed E-state index contributed by atoms with van der Waals surface area (Å²) in [6.45, 7) is 3.14. The van der Waals surface area contributed by atoms with Crippen LogP contribution in [0.5, 0.6) is 0 Å². The van der Waals surface area contributed by atoms with Gasteiger partial charge in [-0.2, -0.15) is 0 Å². The maximum atomic E-state index is 14.0. The predicted octanol–water partition coefficient (Wildman–Crippen LogP) is 4.36.